The van der Waals surface area contributed by atoms with Crippen LogP contribution in [0.3, 0.4) is 0 Å². The second kappa shape index (κ2) is 5.99. The molecule has 0 amide bonds. The zero-order valence-electron chi connectivity index (χ0n) is 9.47. The van der Waals surface area contributed by atoms with Gasteiger partial charge in [-0.3, -0.25) is 0 Å². The highest BCUT2D eigenvalue weighted by atomic mass is 19.4. The Morgan fingerprint density at radius 3 is 2.11 bits per heavy atom. The Morgan fingerprint density at radius 1 is 1.17 bits per heavy atom. The number of nitrogens with one attached hydrogen (secondary N) is 1. The van der Waals surface area contributed by atoms with Gasteiger partial charge in [0.25, 0.3) is 6.43 Å². The molecule has 1 rings (SSSR count). The lowest BCUT2D eigenvalue weighted by atomic mass is 10.1. The molecule has 0 fully saturated rings. The van der Waals surface area contributed by atoms with Crippen molar-refractivity contribution in [1.29, 1.82) is 0 Å². The van der Waals surface area contributed by atoms with Gasteiger partial charge in [0.05, 0.1) is 6.04 Å². The van der Waals surface area contributed by atoms with Crippen LogP contribution in [0.1, 0.15) is 18.5 Å². The monoisotopic (exact) mass is 269 g/mol. The first-order chi connectivity index (χ1) is 8.33. The van der Waals surface area contributed by atoms with Gasteiger partial charge in [-0.25, -0.2) is 8.78 Å². The molecular formula is C11H12F5NO. The number of hydrogen-bond donors (Lipinski definition) is 1. The van der Waals surface area contributed by atoms with Gasteiger partial charge in [0.1, 0.15) is 5.75 Å². The first-order valence-corrected chi connectivity index (χ1v) is 5.20. The average Bonchev–Trinajstić information content (AvgIpc) is 2.25. The number of ether oxygens (including phenoxy) is 1. The topological polar surface area (TPSA) is 21.3 Å². The Bertz CT molecular complexity index is 363. The van der Waals surface area contributed by atoms with Crippen LogP contribution in [0.4, 0.5) is 22.0 Å². The Kier molecular flexibility index (Phi) is 4.89. The van der Waals surface area contributed by atoms with Crippen molar-refractivity contribution in [3.05, 3.63) is 29.8 Å². The molecule has 0 spiro atoms. The summed E-state index contributed by atoms with van der Waals surface area (Å²) in [5.74, 6) is -0.434. The third-order valence-corrected chi connectivity index (χ3v) is 2.15. The molecule has 1 N–H and O–H groups in total. The third kappa shape index (κ3) is 4.48. The Hall–Kier alpha value is -1.37. The van der Waals surface area contributed by atoms with Crippen LogP contribution in [-0.2, 0) is 0 Å². The molecule has 0 heterocycles. The molecule has 1 aromatic carbocycles. The van der Waals surface area contributed by atoms with E-state index in [1.165, 1.54) is 12.1 Å². The molecule has 0 aliphatic rings. The smallest absolute Gasteiger partial charge is 0.406 e. The molecule has 0 bridgehead atoms. The van der Waals surface area contributed by atoms with E-state index in [-0.39, 0.29) is 5.56 Å². The van der Waals surface area contributed by atoms with Crippen LogP contribution in [0, 0.1) is 0 Å². The van der Waals surface area contributed by atoms with Crippen LogP contribution in [0.5, 0.6) is 5.75 Å². The summed E-state index contributed by atoms with van der Waals surface area (Å²) in [5.41, 5.74) is 0.210. The van der Waals surface area contributed by atoms with E-state index in [9.17, 15) is 22.0 Å². The van der Waals surface area contributed by atoms with Gasteiger partial charge in [0, 0.05) is 0 Å². The van der Waals surface area contributed by atoms with Gasteiger partial charge in [-0.1, -0.05) is 19.1 Å². The van der Waals surface area contributed by atoms with Crippen molar-refractivity contribution in [2.45, 2.75) is 25.8 Å². The zero-order chi connectivity index (χ0) is 13.8. The fraction of sp³-hybridized carbons (Fsp3) is 0.455. The second-order valence-corrected chi connectivity index (χ2v) is 3.49. The third-order valence-electron chi connectivity index (χ3n) is 2.15. The van der Waals surface area contributed by atoms with E-state index < -0.39 is 24.6 Å². The minimum absolute atomic E-state index is 0.210. The number of rotatable bonds is 5. The fourth-order valence-corrected chi connectivity index (χ4v) is 1.45. The van der Waals surface area contributed by atoms with E-state index in [2.05, 4.69) is 10.1 Å². The molecule has 1 unspecified atom stereocenters. The van der Waals surface area contributed by atoms with E-state index >= 15 is 0 Å². The van der Waals surface area contributed by atoms with Gasteiger partial charge < -0.3 is 10.1 Å². The molecule has 0 aromatic heterocycles. The largest absolute Gasteiger partial charge is 0.573 e. The molecular weight excluding hydrogens is 257 g/mol. The van der Waals surface area contributed by atoms with Crippen LogP contribution in [0.15, 0.2) is 24.3 Å². The fourth-order valence-electron chi connectivity index (χ4n) is 1.45. The van der Waals surface area contributed by atoms with Crippen molar-refractivity contribution in [2.24, 2.45) is 0 Å². The summed E-state index contributed by atoms with van der Waals surface area (Å²) < 4.78 is 64.7. The summed E-state index contributed by atoms with van der Waals surface area (Å²) in [7, 11) is 0. The van der Waals surface area contributed by atoms with Gasteiger partial charge in [-0.2, -0.15) is 0 Å². The summed E-state index contributed by atoms with van der Waals surface area (Å²) in [4.78, 5) is 0. The molecule has 0 aliphatic carbocycles. The Labute approximate surface area is 101 Å². The lowest BCUT2D eigenvalue weighted by molar-refractivity contribution is -0.274. The maximum absolute atomic E-state index is 12.7. The second-order valence-electron chi connectivity index (χ2n) is 3.49. The van der Waals surface area contributed by atoms with E-state index in [4.69, 9.17) is 0 Å². The molecule has 102 valence electrons. The summed E-state index contributed by atoms with van der Waals surface area (Å²) in [5, 5.41) is 2.55. The van der Waals surface area contributed by atoms with Crippen LogP contribution >= 0.6 is 0 Å². The molecule has 0 radical (unpaired) electrons. The van der Waals surface area contributed by atoms with Crippen LogP contribution in [-0.4, -0.2) is 19.3 Å². The van der Waals surface area contributed by atoms with Crippen molar-refractivity contribution < 1.29 is 26.7 Å². The zero-order valence-corrected chi connectivity index (χ0v) is 9.47. The minimum Gasteiger partial charge on any atom is -0.406 e. The van der Waals surface area contributed by atoms with Crippen LogP contribution in [0.2, 0.25) is 0 Å². The summed E-state index contributed by atoms with van der Waals surface area (Å²) >= 11 is 0. The van der Waals surface area contributed by atoms with Crippen molar-refractivity contribution in [1.82, 2.24) is 5.32 Å². The van der Waals surface area contributed by atoms with Crippen molar-refractivity contribution in [3.8, 4) is 5.75 Å². The van der Waals surface area contributed by atoms with Crippen molar-refractivity contribution >= 4 is 0 Å². The highest BCUT2D eigenvalue weighted by molar-refractivity contribution is 5.29. The number of benzene rings is 1. The number of halogens is 5. The predicted octanol–water partition coefficient (Wildman–Crippen LogP) is 3.50. The maximum Gasteiger partial charge on any atom is 0.573 e. The summed E-state index contributed by atoms with van der Waals surface area (Å²) in [6.07, 6.45) is -7.43. The molecule has 0 aliphatic heterocycles. The van der Waals surface area contributed by atoms with E-state index in [0.717, 1.165) is 12.1 Å². The lowest BCUT2D eigenvalue weighted by Gasteiger charge is -2.17. The van der Waals surface area contributed by atoms with Crippen LogP contribution in [0.25, 0.3) is 0 Å². The van der Waals surface area contributed by atoms with E-state index in [1.807, 2.05) is 0 Å². The standard InChI is InChI=1S/C11H12F5NO/c1-2-17-9(10(12)13)7-3-5-8(6-4-7)18-11(14,15)16/h3-6,9-10,17H,2H2,1H3. The normalized spacial score (nSPS) is 13.7. The Balaban J connectivity index is 2.80. The number of alkyl halides is 5. The summed E-state index contributed by atoms with van der Waals surface area (Å²) in [6, 6.07) is 3.18. The minimum atomic E-state index is -4.79. The number of hydrogen-bond acceptors (Lipinski definition) is 2. The highest BCUT2D eigenvalue weighted by Gasteiger charge is 2.31. The molecule has 1 aromatic rings. The van der Waals surface area contributed by atoms with Crippen molar-refractivity contribution in [3.63, 3.8) is 0 Å². The van der Waals surface area contributed by atoms with Gasteiger partial charge in [-0.15, -0.1) is 13.2 Å². The lowest BCUT2D eigenvalue weighted by Crippen LogP contribution is -2.27. The summed E-state index contributed by atoms with van der Waals surface area (Å²) in [6.45, 7) is 1.99. The average molecular weight is 269 g/mol. The molecule has 0 saturated carbocycles. The molecule has 7 heteroatoms. The molecule has 0 saturated heterocycles. The van der Waals surface area contributed by atoms with Gasteiger partial charge in [0.15, 0.2) is 0 Å². The first-order valence-electron chi connectivity index (χ1n) is 5.20. The first kappa shape index (κ1) is 14.7. The predicted molar refractivity (Wildman–Crippen MR) is 55.5 cm³/mol. The quantitative estimate of drug-likeness (QED) is 0.826. The SMILES string of the molecule is CCNC(c1ccc(OC(F)(F)F)cc1)C(F)F. The Morgan fingerprint density at radius 2 is 1.72 bits per heavy atom. The van der Waals surface area contributed by atoms with Crippen LogP contribution < -0.4 is 10.1 Å². The van der Waals surface area contributed by atoms with Gasteiger partial charge >= 0.3 is 6.36 Å². The van der Waals surface area contributed by atoms with E-state index in [0.29, 0.717) is 6.54 Å². The van der Waals surface area contributed by atoms with Gasteiger partial charge in [0.2, 0.25) is 0 Å². The molecule has 2 nitrogen and oxygen atoms in total. The highest BCUT2D eigenvalue weighted by Crippen LogP contribution is 2.26. The molecule has 18 heavy (non-hydrogen) atoms. The van der Waals surface area contributed by atoms with Crippen molar-refractivity contribution in [2.75, 3.05) is 6.54 Å². The maximum atomic E-state index is 12.7. The molecule has 1 atom stereocenters. The van der Waals surface area contributed by atoms with Gasteiger partial charge in [-0.05, 0) is 24.2 Å². The van der Waals surface area contributed by atoms with E-state index in [1.54, 1.807) is 6.92 Å².